The Morgan fingerprint density at radius 3 is 2.45 bits per heavy atom. The van der Waals surface area contributed by atoms with Crippen molar-refractivity contribution >= 4 is 51.9 Å². The minimum absolute atomic E-state index is 0.116. The Hall–Kier alpha value is -3.17. The number of allylic oxidation sites excluding steroid dienone is 1. The average molecular weight is 468 g/mol. The van der Waals surface area contributed by atoms with Gasteiger partial charge in [-0.15, -0.1) is 0 Å². The van der Waals surface area contributed by atoms with Crippen LogP contribution in [0.3, 0.4) is 0 Å². The number of carbonyl (C=O) groups excluding carboxylic acids is 1. The van der Waals surface area contributed by atoms with Crippen LogP contribution >= 0.6 is 23.2 Å². The molecule has 160 valence electrons. The molecule has 2 heterocycles. The van der Waals surface area contributed by atoms with Gasteiger partial charge in [-0.1, -0.05) is 29.3 Å². The molecule has 2 aliphatic rings. The lowest BCUT2D eigenvalue weighted by molar-refractivity contribution is -0.137. The standard InChI is InChI=1S/C20H14Cl2F3N5O/c21-11-2-1-3-12(22)17(11)18-15-6-7-16(29-30(15)9-27-19(18)31)28-14-5-4-10(8-13(14)26)20(23,24)25/h1-8H,9,26H2,(H,27,31)(H,28,29). The van der Waals surface area contributed by atoms with Crippen molar-refractivity contribution in [2.45, 2.75) is 6.18 Å². The van der Waals surface area contributed by atoms with Gasteiger partial charge in [0.2, 0.25) is 0 Å². The van der Waals surface area contributed by atoms with Crippen molar-refractivity contribution in [3.8, 4) is 0 Å². The number of amides is 1. The molecule has 0 bridgehead atoms. The molecule has 6 nitrogen and oxygen atoms in total. The quantitative estimate of drug-likeness (QED) is 0.567. The van der Waals surface area contributed by atoms with Gasteiger partial charge < -0.3 is 11.1 Å². The molecule has 31 heavy (non-hydrogen) atoms. The van der Waals surface area contributed by atoms with Gasteiger partial charge in [0.1, 0.15) is 12.5 Å². The third kappa shape index (κ3) is 4.06. The third-order valence-electron chi connectivity index (χ3n) is 4.63. The van der Waals surface area contributed by atoms with Gasteiger partial charge >= 0.3 is 6.18 Å². The third-order valence-corrected chi connectivity index (χ3v) is 5.26. The van der Waals surface area contributed by atoms with E-state index in [-0.39, 0.29) is 29.5 Å². The van der Waals surface area contributed by atoms with Crippen LogP contribution in [0.25, 0.3) is 5.57 Å². The molecule has 0 saturated carbocycles. The highest BCUT2D eigenvalue weighted by Crippen LogP contribution is 2.36. The fraction of sp³-hybridized carbons (Fsp3) is 0.100. The summed E-state index contributed by atoms with van der Waals surface area (Å²) in [5.41, 5.74) is 9.12. The van der Waals surface area contributed by atoms with Crippen molar-refractivity contribution in [1.29, 1.82) is 0 Å². The zero-order chi connectivity index (χ0) is 22.3. The lowest BCUT2D eigenvalue weighted by atomic mass is 10.00. The van der Waals surface area contributed by atoms with E-state index in [4.69, 9.17) is 28.9 Å². The smallest absolute Gasteiger partial charge is 0.397 e. The molecule has 2 aliphatic heterocycles. The van der Waals surface area contributed by atoms with Crippen molar-refractivity contribution in [2.24, 2.45) is 4.99 Å². The summed E-state index contributed by atoms with van der Waals surface area (Å²) >= 11 is 12.6. The molecule has 4 N–H and O–H groups in total. The molecule has 0 saturated heterocycles. The molecule has 0 spiro atoms. The number of nitrogens with two attached hydrogens (primary N) is 1. The minimum atomic E-state index is -4.50. The second-order valence-corrected chi connectivity index (χ2v) is 7.48. The van der Waals surface area contributed by atoms with Crippen molar-refractivity contribution in [3.05, 3.63) is 75.4 Å². The molecule has 4 rings (SSSR count). The Kier molecular flexibility index (Phi) is 5.32. The molecule has 2 aromatic rings. The summed E-state index contributed by atoms with van der Waals surface area (Å²) in [4.78, 5) is 16.9. The van der Waals surface area contributed by atoms with Gasteiger partial charge in [0.15, 0.2) is 0 Å². The van der Waals surface area contributed by atoms with Gasteiger partial charge in [-0.3, -0.25) is 15.2 Å². The second-order valence-electron chi connectivity index (χ2n) is 6.66. The molecular weight excluding hydrogens is 454 g/mol. The predicted molar refractivity (Wildman–Crippen MR) is 113 cm³/mol. The number of hydrogen-bond donors (Lipinski definition) is 3. The number of fused-ring (bicyclic) bond motifs is 1. The largest absolute Gasteiger partial charge is 0.416 e. The van der Waals surface area contributed by atoms with Gasteiger partial charge in [-0.25, -0.2) is 4.99 Å². The SMILES string of the molecule is Nc1cc(C(F)(F)F)ccc1N=C1C=CC2=C(c3c(Cl)cccc3Cl)C(=O)NCN2N1. The van der Waals surface area contributed by atoms with Crippen molar-refractivity contribution in [1.82, 2.24) is 15.8 Å². The summed E-state index contributed by atoms with van der Waals surface area (Å²) in [7, 11) is 0. The highest BCUT2D eigenvalue weighted by molar-refractivity contribution is 6.41. The Morgan fingerprint density at radius 1 is 1.10 bits per heavy atom. The molecule has 0 aliphatic carbocycles. The van der Waals surface area contributed by atoms with Gasteiger partial charge in [-0.05, 0) is 42.5 Å². The number of aliphatic imine (C=N–C) groups is 1. The van der Waals surface area contributed by atoms with E-state index in [2.05, 4.69) is 15.7 Å². The highest BCUT2D eigenvalue weighted by atomic mass is 35.5. The lowest BCUT2D eigenvalue weighted by Gasteiger charge is -2.35. The van der Waals surface area contributed by atoms with Crippen LogP contribution in [0.1, 0.15) is 11.1 Å². The van der Waals surface area contributed by atoms with Crippen LogP contribution in [0.2, 0.25) is 10.0 Å². The van der Waals surface area contributed by atoms with E-state index in [0.717, 1.165) is 12.1 Å². The number of hydrogen-bond acceptors (Lipinski definition) is 4. The van der Waals surface area contributed by atoms with Crippen LogP contribution in [-0.4, -0.2) is 23.4 Å². The normalized spacial score (nSPS) is 17.5. The monoisotopic (exact) mass is 467 g/mol. The number of halogens is 5. The first-order valence-electron chi connectivity index (χ1n) is 8.89. The number of carbonyl (C=O) groups is 1. The van der Waals surface area contributed by atoms with E-state index in [1.807, 2.05) is 0 Å². The van der Waals surface area contributed by atoms with Crippen LogP contribution in [-0.2, 0) is 11.0 Å². The van der Waals surface area contributed by atoms with Crippen molar-refractivity contribution < 1.29 is 18.0 Å². The Morgan fingerprint density at radius 2 is 1.81 bits per heavy atom. The number of anilines is 1. The fourth-order valence-corrected chi connectivity index (χ4v) is 3.77. The molecule has 0 atom stereocenters. The number of amidine groups is 1. The maximum Gasteiger partial charge on any atom is 0.416 e. The summed E-state index contributed by atoms with van der Waals surface area (Å²) in [6.07, 6.45) is -1.28. The van der Waals surface area contributed by atoms with E-state index >= 15 is 0 Å². The number of hydrazine groups is 1. The first-order valence-corrected chi connectivity index (χ1v) is 9.65. The molecule has 1 amide bonds. The Labute approximate surface area is 184 Å². The molecule has 11 heteroatoms. The molecule has 2 aromatic carbocycles. The maximum atomic E-state index is 12.8. The molecular formula is C20H14Cl2F3N5O. The summed E-state index contributed by atoms with van der Waals surface area (Å²) in [6.45, 7) is 0.117. The van der Waals surface area contributed by atoms with E-state index in [1.165, 1.54) is 6.07 Å². The van der Waals surface area contributed by atoms with Crippen LogP contribution in [0.5, 0.6) is 0 Å². The van der Waals surface area contributed by atoms with Crippen LogP contribution in [0.4, 0.5) is 24.5 Å². The van der Waals surface area contributed by atoms with Crippen molar-refractivity contribution in [3.63, 3.8) is 0 Å². The molecule has 0 aromatic heterocycles. The van der Waals surface area contributed by atoms with Crippen LogP contribution in [0.15, 0.2) is 59.2 Å². The zero-order valence-corrected chi connectivity index (χ0v) is 17.1. The van der Waals surface area contributed by atoms with E-state index in [0.29, 0.717) is 27.1 Å². The lowest BCUT2D eigenvalue weighted by Crippen LogP contribution is -2.52. The number of benzene rings is 2. The zero-order valence-electron chi connectivity index (χ0n) is 15.6. The Bertz CT molecular complexity index is 1150. The maximum absolute atomic E-state index is 12.8. The average Bonchev–Trinajstić information content (AvgIpc) is 2.70. The Balaban J connectivity index is 1.73. The molecule has 0 radical (unpaired) electrons. The predicted octanol–water partition coefficient (Wildman–Crippen LogP) is 4.50. The molecule has 0 unspecified atom stereocenters. The van der Waals surface area contributed by atoms with Gasteiger partial charge in [0, 0.05) is 5.56 Å². The first-order chi connectivity index (χ1) is 14.6. The second kappa shape index (κ2) is 7.82. The van der Waals surface area contributed by atoms with E-state index < -0.39 is 11.7 Å². The summed E-state index contributed by atoms with van der Waals surface area (Å²) in [5.74, 6) is -0.0314. The van der Waals surface area contributed by atoms with Crippen LogP contribution in [0, 0.1) is 0 Å². The van der Waals surface area contributed by atoms with Gasteiger partial charge in [-0.2, -0.15) is 13.2 Å². The fourth-order valence-electron chi connectivity index (χ4n) is 3.19. The van der Waals surface area contributed by atoms with Gasteiger partial charge in [0.25, 0.3) is 5.91 Å². The minimum Gasteiger partial charge on any atom is -0.397 e. The van der Waals surface area contributed by atoms with Crippen molar-refractivity contribution in [2.75, 3.05) is 12.4 Å². The van der Waals surface area contributed by atoms with E-state index in [1.54, 1.807) is 35.4 Å². The number of rotatable bonds is 2. The summed E-state index contributed by atoms with van der Waals surface area (Å²) < 4.78 is 38.5. The summed E-state index contributed by atoms with van der Waals surface area (Å²) in [6, 6.07) is 7.86. The first kappa shape index (κ1) is 21.1. The van der Waals surface area contributed by atoms with Gasteiger partial charge in [0.05, 0.1) is 38.3 Å². The molecule has 0 fully saturated rings. The highest BCUT2D eigenvalue weighted by Gasteiger charge is 2.32. The number of nitrogen functional groups attached to an aromatic ring is 1. The summed E-state index contributed by atoms with van der Waals surface area (Å²) in [5, 5.41) is 4.96. The number of nitrogens with one attached hydrogen (secondary N) is 2. The van der Waals surface area contributed by atoms with Crippen LogP contribution < -0.4 is 16.5 Å². The number of alkyl halides is 3. The topological polar surface area (TPSA) is 82.7 Å². The number of nitrogens with zero attached hydrogens (tertiary/aromatic N) is 2. The van der Waals surface area contributed by atoms with E-state index in [9.17, 15) is 18.0 Å².